The summed E-state index contributed by atoms with van der Waals surface area (Å²) < 4.78 is 2.20. The fourth-order valence-corrected chi connectivity index (χ4v) is 2.16. The Morgan fingerprint density at radius 1 is 1.16 bits per heavy atom. The fourth-order valence-electron chi connectivity index (χ4n) is 2.16. The van der Waals surface area contributed by atoms with Crippen molar-refractivity contribution in [3.05, 3.63) is 54.1 Å². The van der Waals surface area contributed by atoms with Crippen LogP contribution in [-0.2, 0) is 19.4 Å². The van der Waals surface area contributed by atoms with E-state index in [1.807, 2.05) is 6.33 Å². The van der Waals surface area contributed by atoms with Crippen molar-refractivity contribution >= 4 is 0 Å². The van der Waals surface area contributed by atoms with Gasteiger partial charge in [0.15, 0.2) is 0 Å². The van der Waals surface area contributed by atoms with Crippen LogP contribution in [0.3, 0.4) is 0 Å². The van der Waals surface area contributed by atoms with Crippen molar-refractivity contribution in [2.45, 2.75) is 32.7 Å². The highest BCUT2D eigenvalue weighted by Crippen LogP contribution is 2.05. The van der Waals surface area contributed by atoms with Crippen molar-refractivity contribution in [3.63, 3.8) is 0 Å². The predicted molar refractivity (Wildman–Crippen MR) is 79.2 cm³/mol. The van der Waals surface area contributed by atoms with Gasteiger partial charge in [-0.1, -0.05) is 37.3 Å². The second-order valence-corrected chi connectivity index (χ2v) is 4.80. The lowest BCUT2D eigenvalue weighted by molar-refractivity contribution is 0.640. The van der Waals surface area contributed by atoms with Crippen LogP contribution in [-0.4, -0.2) is 22.6 Å². The van der Waals surface area contributed by atoms with Crippen molar-refractivity contribution in [3.8, 4) is 0 Å². The van der Waals surface area contributed by atoms with E-state index in [4.69, 9.17) is 0 Å². The minimum atomic E-state index is 1.01. The Balaban J connectivity index is 1.71. The molecule has 2 aromatic rings. The van der Waals surface area contributed by atoms with Crippen LogP contribution in [0, 0.1) is 0 Å². The Bertz CT molecular complexity index is 462. The molecule has 0 aliphatic heterocycles. The number of aromatic nitrogens is 2. The number of nitrogens with zero attached hydrogens (tertiary/aromatic N) is 2. The molecule has 0 aliphatic rings. The molecule has 1 N–H and O–H groups in total. The molecule has 3 nitrogen and oxygen atoms in total. The number of likely N-dealkylation sites (N-methyl/N-ethyl adjacent to an activating group) is 1. The molecule has 1 aromatic heterocycles. The van der Waals surface area contributed by atoms with E-state index in [-0.39, 0.29) is 0 Å². The number of benzene rings is 1. The maximum Gasteiger partial charge on any atom is 0.0949 e. The lowest BCUT2D eigenvalue weighted by atomic mass is 10.1. The van der Waals surface area contributed by atoms with Crippen LogP contribution < -0.4 is 5.32 Å². The van der Waals surface area contributed by atoms with Crippen molar-refractivity contribution in [1.29, 1.82) is 0 Å². The first-order valence-electron chi connectivity index (χ1n) is 7.14. The second kappa shape index (κ2) is 7.74. The minimum absolute atomic E-state index is 1.01. The average Bonchev–Trinajstić information content (AvgIpc) is 2.88. The SMILES string of the molecule is CCNCCc1cn(CCCc2ccccc2)cn1. The molecule has 0 aliphatic carbocycles. The molecule has 102 valence electrons. The first kappa shape index (κ1) is 13.8. The molecule has 0 bridgehead atoms. The summed E-state index contributed by atoms with van der Waals surface area (Å²) in [6.45, 7) is 5.21. The number of hydrogen-bond donors (Lipinski definition) is 1. The molecule has 0 saturated heterocycles. The van der Waals surface area contributed by atoms with E-state index in [0.717, 1.165) is 38.9 Å². The molecule has 0 spiro atoms. The Hall–Kier alpha value is -1.61. The van der Waals surface area contributed by atoms with Gasteiger partial charge < -0.3 is 9.88 Å². The summed E-state index contributed by atoms with van der Waals surface area (Å²) >= 11 is 0. The highest BCUT2D eigenvalue weighted by Gasteiger charge is 1.99. The van der Waals surface area contributed by atoms with E-state index in [1.165, 1.54) is 11.3 Å². The highest BCUT2D eigenvalue weighted by atomic mass is 15.0. The number of nitrogens with one attached hydrogen (secondary N) is 1. The Kier molecular flexibility index (Phi) is 5.63. The zero-order valence-electron chi connectivity index (χ0n) is 11.7. The number of aryl methyl sites for hydroxylation is 2. The van der Waals surface area contributed by atoms with Gasteiger partial charge in [-0.3, -0.25) is 0 Å². The average molecular weight is 257 g/mol. The summed E-state index contributed by atoms with van der Waals surface area (Å²) in [4.78, 5) is 4.44. The molecular formula is C16H23N3. The largest absolute Gasteiger partial charge is 0.337 e. The molecule has 0 fully saturated rings. The molecule has 1 aromatic carbocycles. The van der Waals surface area contributed by atoms with Gasteiger partial charge in [0.1, 0.15) is 0 Å². The summed E-state index contributed by atoms with van der Waals surface area (Å²) in [7, 11) is 0. The van der Waals surface area contributed by atoms with Crippen molar-refractivity contribution < 1.29 is 0 Å². The Labute approximate surface area is 115 Å². The van der Waals surface area contributed by atoms with Crippen LogP contribution in [0.25, 0.3) is 0 Å². The van der Waals surface area contributed by atoms with Gasteiger partial charge in [0, 0.05) is 25.7 Å². The molecule has 0 unspecified atom stereocenters. The third kappa shape index (κ3) is 4.87. The number of rotatable bonds is 8. The Morgan fingerprint density at radius 2 is 2.00 bits per heavy atom. The van der Waals surface area contributed by atoms with Gasteiger partial charge in [0.05, 0.1) is 12.0 Å². The molecule has 0 radical (unpaired) electrons. The van der Waals surface area contributed by atoms with E-state index < -0.39 is 0 Å². The summed E-state index contributed by atoms with van der Waals surface area (Å²) in [6, 6.07) is 10.7. The molecule has 1 heterocycles. The highest BCUT2D eigenvalue weighted by molar-refractivity contribution is 5.14. The van der Waals surface area contributed by atoms with E-state index in [1.54, 1.807) is 0 Å². The monoisotopic (exact) mass is 257 g/mol. The molecule has 0 atom stereocenters. The van der Waals surface area contributed by atoms with Crippen molar-refractivity contribution in [2.75, 3.05) is 13.1 Å². The number of hydrogen-bond acceptors (Lipinski definition) is 2. The summed E-state index contributed by atoms with van der Waals surface area (Å²) in [5.41, 5.74) is 2.59. The second-order valence-electron chi connectivity index (χ2n) is 4.80. The zero-order chi connectivity index (χ0) is 13.3. The molecule has 19 heavy (non-hydrogen) atoms. The van der Waals surface area contributed by atoms with Crippen LogP contribution in [0.15, 0.2) is 42.9 Å². The minimum Gasteiger partial charge on any atom is -0.337 e. The van der Waals surface area contributed by atoms with Gasteiger partial charge in [-0.2, -0.15) is 0 Å². The van der Waals surface area contributed by atoms with E-state index in [9.17, 15) is 0 Å². The fraction of sp³-hybridized carbons (Fsp3) is 0.438. The topological polar surface area (TPSA) is 29.9 Å². The third-order valence-corrected chi connectivity index (χ3v) is 3.22. The smallest absolute Gasteiger partial charge is 0.0949 e. The van der Waals surface area contributed by atoms with Gasteiger partial charge in [0.2, 0.25) is 0 Å². The maximum atomic E-state index is 4.44. The van der Waals surface area contributed by atoms with Gasteiger partial charge >= 0.3 is 0 Å². The molecule has 0 saturated carbocycles. The Morgan fingerprint density at radius 3 is 2.79 bits per heavy atom. The van der Waals surface area contributed by atoms with Gasteiger partial charge in [0.25, 0.3) is 0 Å². The summed E-state index contributed by atoms with van der Waals surface area (Å²) in [5, 5.41) is 3.32. The lowest BCUT2D eigenvalue weighted by Crippen LogP contribution is -2.16. The predicted octanol–water partition coefficient (Wildman–Crippen LogP) is 2.67. The van der Waals surface area contributed by atoms with Gasteiger partial charge in [-0.05, 0) is 24.9 Å². The van der Waals surface area contributed by atoms with Crippen molar-refractivity contribution in [2.24, 2.45) is 0 Å². The van der Waals surface area contributed by atoms with E-state index in [0.29, 0.717) is 0 Å². The van der Waals surface area contributed by atoms with E-state index >= 15 is 0 Å². The van der Waals surface area contributed by atoms with Gasteiger partial charge in [-0.15, -0.1) is 0 Å². The lowest BCUT2D eigenvalue weighted by Gasteiger charge is -2.02. The third-order valence-electron chi connectivity index (χ3n) is 3.22. The van der Waals surface area contributed by atoms with Crippen LogP contribution in [0.2, 0.25) is 0 Å². The molecule has 0 amide bonds. The molecular weight excluding hydrogens is 234 g/mol. The first-order valence-corrected chi connectivity index (χ1v) is 7.14. The normalized spacial score (nSPS) is 10.8. The van der Waals surface area contributed by atoms with Crippen LogP contribution in [0.1, 0.15) is 24.6 Å². The maximum absolute atomic E-state index is 4.44. The van der Waals surface area contributed by atoms with Crippen molar-refractivity contribution in [1.82, 2.24) is 14.9 Å². The molecule has 3 heteroatoms. The van der Waals surface area contributed by atoms with Crippen LogP contribution >= 0.6 is 0 Å². The molecule has 2 rings (SSSR count). The summed E-state index contributed by atoms with van der Waals surface area (Å²) in [6.07, 6.45) is 7.42. The number of imidazole rings is 1. The zero-order valence-corrected chi connectivity index (χ0v) is 11.7. The van der Waals surface area contributed by atoms with Gasteiger partial charge in [-0.25, -0.2) is 4.98 Å². The van der Waals surface area contributed by atoms with Crippen LogP contribution in [0.4, 0.5) is 0 Å². The standard InChI is InChI=1S/C16H23N3/c1-2-17-11-10-16-13-19(14-18-16)12-6-9-15-7-4-3-5-8-15/h3-5,7-8,13-14,17H,2,6,9-12H2,1H3. The summed E-state index contributed by atoms with van der Waals surface area (Å²) in [5.74, 6) is 0. The first-order chi connectivity index (χ1) is 9.38. The quantitative estimate of drug-likeness (QED) is 0.737. The van der Waals surface area contributed by atoms with E-state index in [2.05, 4.69) is 58.3 Å². The van der Waals surface area contributed by atoms with Crippen LogP contribution in [0.5, 0.6) is 0 Å².